The number of rotatable bonds is 6. The molecule has 0 amide bonds. The first-order chi connectivity index (χ1) is 9.49. The highest BCUT2D eigenvalue weighted by Crippen LogP contribution is 2.32. The number of fused-ring (bicyclic) bond motifs is 1. The van der Waals surface area contributed by atoms with Gasteiger partial charge in [-0.3, -0.25) is 0 Å². The lowest BCUT2D eigenvalue weighted by Crippen LogP contribution is -2.21. The van der Waals surface area contributed by atoms with E-state index < -0.39 is 9.05 Å². The molecule has 1 aliphatic carbocycles. The first kappa shape index (κ1) is 15.8. The summed E-state index contributed by atoms with van der Waals surface area (Å²) in [6.45, 7) is 2.41. The molecule has 112 valence electrons. The Bertz CT molecular complexity index is 542. The maximum absolute atomic E-state index is 11.2. The number of ether oxygens (including phenoxy) is 1. The number of halogens is 1. The summed E-state index contributed by atoms with van der Waals surface area (Å²) in [5.74, 6) is -0.0500. The van der Waals surface area contributed by atoms with Crippen LogP contribution in [-0.4, -0.2) is 20.8 Å². The van der Waals surface area contributed by atoms with Crippen LogP contribution in [0.5, 0.6) is 0 Å². The molecule has 2 atom stereocenters. The largest absolute Gasteiger partial charge is 0.373 e. The van der Waals surface area contributed by atoms with Crippen LogP contribution in [0.4, 0.5) is 0 Å². The van der Waals surface area contributed by atoms with Crippen molar-refractivity contribution < 1.29 is 13.2 Å². The van der Waals surface area contributed by atoms with Crippen LogP contribution in [0.1, 0.15) is 43.4 Å². The molecule has 0 aliphatic heterocycles. The Balaban J connectivity index is 1.97. The van der Waals surface area contributed by atoms with E-state index in [0.29, 0.717) is 6.61 Å². The lowest BCUT2D eigenvalue weighted by Gasteiger charge is -2.27. The zero-order valence-electron chi connectivity index (χ0n) is 11.7. The van der Waals surface area contributed by atoms with Crippen molar-refractivity contribution in [2.24, 2.45) is 5.92 Å². The summed E-state index contributed by atoms with van der Waals surface area (Å²) in [5, 5.41) is 0. The van der Waals surface area contributed by atoms with Crippen molar-refractivity contribution in [3.63, 3.8) is 0 Å². The van der Waals surface area contributed by atoms with E-state index in [1.807, 2.05) is 13.0 Å². The van der Waals surface area contributed by atoms with Gasteiger partial charge in [-0.25, -0.2) is 8.42 Å². The van der Waals surface area contributed by atoms with Gasteiger partial charge in [-0.1, -0.05) is 37.6 Å². The second kappa shape index (κ2) is 6.92. The molecule has 3 nitrogen and oxygen atoms in total. The van der Waals surface area contributed by atoms with E-state index in [2.05, 4.69) is 18.2 Å². The van der Waals surface area contributed by atoms with Crippen molar-refractivity contribution in [1.82, 2.24) is 0 Å². The van der Waals surface area contributed by atoms with Crippen LogP contribution >= 0.6 is 10.7 Å². The second-order valence-electron chi connectivity index (χ2n) is 5.39. The van der Waals surface area contributed by atoms with E-state index in [1.54, 1.807) is 0 Å². The molecule has 1 aromatic rings. The van der Waals surface area contributed by atoms with Gasteiger partial charge in [0.1, 0.15) is 0 Å². The van der Waals surface area contributed by atoms with Crippen molar-refractivity contribution in [2.45, 2.75) is 38.7 Å². The van der Waals surface area contributed by atoms with Gasteiger partial charge in [0.05, 0.1) is 18.5 Å². The van der Waals surface area contributed by atoms with Crippen LogP contribution < -0.4 is 0 Å². The molecule has 2 rings (SSSR count). The lowest BCUT2D eigenvalue weighted by molar-refractivity contribution is 0.0211. The summed E-state index contributed by atoms with van der Waals surface area (Å²) in [6.07, 6.45) is 4.06. The maximum atomic E-state index is 11.2. The molecule has 0 bridgehead atoms. The minimum Gasteiger partial charge on any atom is -0.373 e. The summed E-state index contributed by atoms with van der Waals surface area (Å²) < 4.78 is 28.3. The van der Waals surface area contributed by atoms with Crippen LogP contribution in [0.15, 0.2) is 24.3 Å². The van der Waals surface area contributed by atoms with E-state index in [4.69, 9.17) is 15.4 Å². The van der Waals surface area contributed by atoms with Crippen LogP contribution in [0, 0.1) is 5.92 Å². The van der Waals surface area contributed by atoms with Crippen molar-refractivity contribution in [2.75, 3.05) is 12.4 Å². The quantitative estimate of drug-likeness (QED) is 0.752. The highest BCUT2D eigenvalue weighted by molar-refractivity contribution is 8.13. The average Bonchev–Trinajstić information content (AvgIpc) is 2.42. The third-order valence-corrected chi connectivity index (χ3v) is 5.11. The number of benzene rings is 1. The predicted octanol–water partition coefficient (Wildman–Crippen LogP) is 3.68. The Kier molecular flexibility index (Phi) is 5.47. The molecular weight excluding hydrogens is 296 g/mol. The summed E-state index contributed by atoms with van der Waals surface area (Å²) in [7, 11) is 1.87. The van der Waals surface area contributed by atoms with Gasteiger partial charge in [0.25, 0.3) is 0 Å². The summed E-state index contributed by atoms with van der Waals surface area (Å²) in [5.41, 5.74) is 2.60. The molecule has 5 heteroatoms. The summed E-state index contributed by atoms with van der Waals surface area (Å²) in [4.78, 5) is 0. The molecule has 1 aromatic carbocycles. The minimum absolute atomic E-state index is 0.0145. The van der Waals surface area contributed by atoms with E-state index in [9.17, 15) is 8.42 Å². The molecule has 1 aliphatic rings. The first-order valence-electron chi connectivity index (χ1n) is 7.11. The fraction of sp³-hybridized carbons (Fsp3) is 0.600. The van der Waals surface area contributed by atoms with Crippen molar-refractivity contribution in [3.8, 4) is 0 Å². The highest BCUT2D eigenvalue weighted by Gasteiger charge is 2.22. The zero-order chi connectivity index (χ0) is 14.6. The number of aryl methyl sites for hydroxylation is 1. The molecular formula is C15H21ClO3S. The van der Waals surface area contributed by atoms with Crippen LogP contribution in [0.2, 0.25) is 0 Å². The zero-order valence-corrected chi connectivity index (χ0v) is 13.3. The smallest absolute Gasteiger partial charge is 0.232 e. The van der Waals surface area contributed by atoms with Gasteiger partial charge in [-0.05, 0) is 36.3 Å². The Hall–Kier alpha value is -0.580. The van der Waals surface area contributed by atoms with Gasteiger partial charge in [-0.15, -0.1) is 0 Å². The van der Waals surface area contributed by atoms with E-state index in [-0.39, 0.29) is 17.8 Å². The van der Waals surface area contributed by atoms with Gasteiger partial charge < -0.3 is 4.74 Å². The van der Waals surface area contributed by atoms with Crippen molar-refractivity contribution in [3.05, 3.63) is 35.4 Å². The number of hydrogen-bond donors (Lipinski definition) is 0. The molecule has 0 heterocycles. The summed E-state index contributed by atoms with van der Waals surface area (Å²) in [6, 6.07) is 8.33. The second-order valence-corrected chi connectivity index (χ2v) is 8.21. The Morgan fingerprint density at radius 1 is 1.40 bits per heavy atom. The molecule has 0 saturated carbocycles. The van der Waals surface area contributed by atoms with Crippen molar-refractivity contribution >= 4 is 19.7 Å². The van der Waals surface area contributed by atoms with E-state index >= 15 is 0 Å². The monoisotopic (exact) mass is 316 g/mol. The molecule has 0 saturated heterocycles. The SMILES string of the molecule is CCC(COC1CCCc2ccccc21)CS(=O)(=O)Cl. The molecule has 20 heavy (non-hydrogen) atoms. The van der Waals surface area contributed by atoms with Gasteiger partial charge in [0, 0.05) is 10.7 Å². The average molecular weight is 317 g/mol. The highest BCUT2D eigenvalue weighted by atomic mass is 35.7. The molecule has 2 unspecified atom stereocenters. The van der Waals surface area contributed by atoms with Crippen LogP contribution in [0.3, 0.4) is 0 Å². The molecule has 0 aromatic heterocycles. The number of hydrogen-bond acceptors (Lipinski definition) is 3. The Morgan fingerprint density at radius 2 is 2.15 bits per heavy atom. The van der Waals surface area contributed by atoms with Crippen molar-refractivity contribution in [1.29, 1.82) is 0 Å². The fourth-order valence-corrected chi connectivity index (χ4v) is 4.13. The third kappa shape index (κ3) is 4.47. The molecule has 0 spiro atoms. The van der Waals surface area contributed by atoms with Gasteiger partial charge in [0.15, 0.2) is 0 Å². The van der Waals surface area contributed by atoms with E-state index in [0.717, 1.165) is 25.7 Å². The lowest BCUT2D eigenvalue weighted by atomic mass is 9.89. The van der Waals surface area contributed by atoms with Gasteiger partial charge in [-0.2, -0.15) is 0 Å². The van der Waals surface area contributed by atoms with Crippen LogP contribution in [0.25, 0.3) is 0 Å². The third-order valence-electron chi connectivity index (χ3n) is 3.86. The maximum Gasteiger partial charge on any atom is 0.232 e. The Morgan fingerprint density at radius 3 is 2.85 bits per heavy atom. The van der Waals surface area contributed by atoms with E-state index in [1.165, 1.54) is 11.1 Å². The van der Waals surface area contributed by atoms with Gasteiger partial charge in [0.2, 0.25) is 9.05 Å². The predicted molar refractivity (Wildman–Crippen MR) is 81.5 cm³/mol. The molecule has 0 radical (unpaired) electrons. The minimum atomic E-state index is -3.46. The normalized spacial score (nSPS) is 20.4. The standard InChI is InChI=1S/C15H21ClO3S/c1-2-12(11-20(16,17)18)10-19-15-9-5-7-13-6-3-4-8-14(13)15/h3-4,6,8,12,15H,2,5,7,9-11H2,1H3. The molecule has 0 N–H and O–H groups in total. The fourth-order valence-electron chi connectivity index (χ4n) is 2.70. The summed E-state index contributed by atoms with van der Waals surface area (Å²) >= 11 is 0. The topological polar surface area (TPSA) is 43.4 Å². The molecule has 0 fully saturated rings. The van der Waals surface area contributed by atoms with Crippen LogP contribution in [-0.2, 0) is 20.2 Å². The first-order valence-corrected chi connectivity index (χ1v) is 9.59. The Labute approximate surface area is 125 Å². The van der Waals surface area contributed by atoms with Gasteiger partial charge >= 0.3 is 0 Å².